The summed E-state index contributed by atoms with van der Waals surface area (Å²) in [6.45, 7) is 8.37. The molecule has 1 aliphatic heterocycles. The summed E-state index contributed by atoms with van der Waals surface area (Å²) < 4.78 is 18.1. The molecule has 1 saturated heterocycles. The number of hydrogen-bond acceptors (Lipinski definition) is 4. The highest BCUT2D eigenvalue weighted by Crippen LogP contribution is 2.17. The van der Waals surface area contributed by atoms with E-state index in [0.717, 1.165) is 43.2 Å². The van der Waals surface area contributed by atoms with E-state index in [1.165, 1.54) is 0 Å². The molecule has 1 aliphatic rings. The molecule has 0 spiro atoms. The molecule has 1 amide bonds. The number of carbonyl (C=O) groups is 1. The third-order valence-corrected chi connectivity index (χ3v) is 5.88. The average Bonchev–Trinajstić information content (AvgIpc) is 3.10. The second-order valence-electron chi connectivity index (χ2n) is 6.30. The van der Waals surface area contributed by atoms with E-state index in [0.29, 0.717) is 11.5 Å². The maximum absolute atomic E-state index is 12.5. The summed E-state index contributed by atoms with van der Waals surface area (Å²) in [6.07, 6.45) is 0. The predicted molar refractivity (Wildman–Crippen MR) is 98.0 cm³/mol. The Hall–Kier alpha value is -1.92. The van der Waals surface area contributed by atoms with Crippen LogP contribution in [0.2, 0.25) is 0 Å². The third-order valence-electron chi connectivity index (χ3n) is 4.54. The van der Waals surface area contributed by atoms with Crippen LogP contribution in [0.3, 0.4) is 0 Å². The Morgan fingerprint density at radius 3 is 2.40 bits per heavy atom. The van der Waals surface area contributed by atoms with Crippen LogP contribution in [0, 0.1) is 6.92 Å². The minimum Gasteiger partial charge on any atom is -0.455 e. The highest BCUT2D eigenvalue weighted by molar-refractivity contribution is 7.84. The number of amides is 1. The van der Waals surface area contributed by atoms with E-state index in [1.54, 1.807) is 12.1 Å². The molecule has 1 unspecified atom stereocenters. The van der Waals surface area contributed by atoms with Gasteiger partial charge in [0.15, 0.2) is 5.76 Å². The maximum Gasteiger partial charge on any atom is 0.289 e. The van der Waals surface area contributed by atoms with E-state index in [-0.39, 0.29) is 11.7 Å². The van der Waals surface area contributed by atoms with Crippen LogP contribution in [0.1, 0.15) is 28.8 Å². The van der Waals surface area contributed by atoms with E-state index >= 15 is 0 Å². The molecule has 0 N–H and O–H groups in total. The molecule has 2 heterocycles. The molecule has 0 aliphatic carbocycles. The van der Waals surface area contributed by atoms with E-state index in [1.807, 2.05) is 36.1 Å². The Kier molecular flexibility index (Phi) is 5.71. The summed E-state index contributed by atoms with van der Waals surface area (Å²) in [4.78, 5) is 17.5. The topological polar surface area (TPSA) is 53.8 Å². The number of furan rings is 1. The van der Waals surface area contributed by atoms with Crippen LogP contribution >= 0.6 is 0 Å². The van der Waals surface area contributed by atoms with E-state index in [2.05, 4.69) is 11.8 Å². The first-order valence-electron chi connectivity index (χ1n) is 8.62. The number of benzene rings is 1. The minimum atomic E-state index is -1.18. The lowest BCUT2D eigenvalue weighted by atomic mass is 10.2. The first-order chi connectivity index (χ1) is 12.1. The van der Waals surface area contributed by atoms with Crippen LogP contribution in [-0.4, -0.2) is 52.6 Å². The molecular formula is C19H24N2O3S. The molecule has 6 heteroatoms. The normalized spacial score (nSPS) is 16.8. The molecule has 2 aromatic rings. The van der Waals surface area contributed by atoms with Crippen molar-refractivity contribution in [1.82, 2.24) is 9.80 Å². The molecule has 1 atom stereocenters. The quantitative estimate of drug-likeness (QED) is 0.823. The third kappa shape index (κ3) is 4.38. The molecular weight excluding hydrogens is 336 g/mol. The minimum absolute atomic E-state index is 0.0804. The summed E-state index contributed by atoms with van der Waals surface area (Å²) >= 11 is 0. The van der Waals surface area contributed by atoms with Gasteiger partial charge < -0.3 is 14.2 Å². The summed E-state index contributed by atoms with van der Waals surface area (Å²) in [7, 11) is -1.18. The molecule has 25 heavy (non-hydrogen) atoms. The lowest BCUT2D eigenvalue weighted by Gasteiger charge is -2.33. The van der Waals surface area contributed by atoms with Gasteiger partial charge in [-0.25, -0.2) is 0 Å². The smallest absolute Gasteiger partial charge is 0.289 e. The van der Waals surface area contributed by atoms with Gasteiger partial charge in [-0.15, -0.1) is 0 Å². The largest absolute Gasteiger partial charge is 0.455 e. The van der Waals surface area contributed by atoms with E-state index in [9.17, 15) is 9.00 Å². The molecule has 134 valence electrons. The molecule has 3 rings (SSSR count). The number of rotatable bonds is 5. The van der Waals surface area contributed by atoms with Crippen molar-refractivity contribution in [1.29, 1.82) is 0 Å². The van der Waals surface area contributed by atoms with Crippen molar-refractivity contribution in [3.05, 3.63) is 53.5 Å². The molecule has 1 aromatic heterocycles. The lowest BCUT2D eigenvalue weighted by Crippen LogP contribution is -2.48. The molecule has 0 saturated carbocycles. The van der Waals surface area contributed by atoms with Gasteiger partial charge in [-0.1, -0.05) is 24.6 Å². The summed E-state index contributed by atoms with van der Waals surface area (Å²) in [5.74, 6) is 1.11. The van der Waals surface area contributed by atoms with Gasteiger partial charge in [0.05, 0.1) is 16.6 Å². The Balaban J connectivity index is 1.61. The number of aryl methyl sites for hydroxylation is 1. The van der Waals surface area contributed by atoms with Crippen molar-refractivity contribution in [2.45, 2.75) is 24.5 Å². The van der Waals surface area contributed by atoms with Crippen LogP contribution in [-0.2, 0) is 16.6 Å². The number of piperazine rings is 1. The van der Waals surface area contributed by atoms with Crippen LogP contribution in [0.25, 0.3) is 0 Å². The fourth-order valence-electron chi connectivity index (χ4n) is 2.90. The summed E-state index contributed by atoms with van der Waals surface area (Å²) in [5, 5.41) is 0. The van der Waals surface area contributed by atoms with Gasteiger partial charge in [0, 0.05) is 31.1 Å². The van der Waals surface area contributed by atoms with Crippen molar-refractivity contribution < 1.29 is 13.4 Å². The SMILES string of the molecule is CCN1CCN(C(=O)c2ccc(CS(=O)c3ccc(C)cc3)o2)CC1. The number of likely N-dealkylation sites (N-methyl/N-ethyl adjacent to an activating group) is 1. The molecule has 0 bridgehead atoms. The van der Waals surface area contributed by atoms with Gasteiger partial charge in [-0.2, -0.15) is 0 Å². The summed E-state index contributed by atoms with van der Waals surface area (Å²) in [6, 6.07) is 11.1. The summed E-state index contributed by atoms with van der Waals surface area (Å²) in [5.41, 5.74) is 1.13. The first kappa shape index (κ1) is 17.9. The van der Waals surface area contributed by atoms with Gasteiger partial charge in [-0.05, 0) is 37.7 Å². The van der Waals surface area contributed by atoms with Crippen molar-refractivity contribution in [2.24, 2.45) is 0 Å². The lowest BCUT2D eigenvalue weighted by molar-refractivity contribution is 0.0611. The van der Waals surface area contributed by atoms with Crippen molar-refractivity contribution in [3.63, 3.8) is 0 Å². The second-order valence-corrected chi connectivity index (χ2v) is 7.75. The fourth-order valence-corrected chi connectivity index (χ4v) is 3.92. The predicted octanol–water partition coefficient (Wildman–Crippen LogP) is 2.67. The zero-order valence-corrected chi connectivity index (χ0v) is 15.6. The Morgan fingerprint density at radius 1 is 1.08 bits per heavy atom. The highest BCUT2D eigenvalue weighted by atomic mass is 32.2. The fraction of sp³-hybridized carbons (Fsp3) is 0.421. The van der Waals surface area contributed by atoms with Gasteiger partial charge in [0.2, 0.25) is 0 Å². The molecule has 1 aromatic carbocycles. The maximum atomic E-state index is 12.5. The Bertz CT molecular complexity index is 746. The Labute approximate surface area is 151 Å². The van der Waals surface area contributed by atoms with Crippen LogP contribution in [0.4, 0.5) is 0 Å². The van der Waals surface area contributed by atoms with Gasteiger partial charge in [-0.3, -0.25) is 9.00 Å². The van der Waals surface area contributed by atoms with Crippen molar-refractivity contribution in [3.8, 4) is 0 Å². The second kappa shape index (κ2) is 7.97. The van der Waals surface area contributed by atoms with Gasteiger partial charge in [0.1, 0.15) is 5.76 Å². The van der Waals surface area contributed by atoms with Crippen molar-refractivity contribution >= 4 is 16.7 Å². The number of carbonyl (C=O) groups excluding carboxylic acids is 1. The first-order valence-corrected chi connectivity index (χ1v) is 9.94. The van der Waals surface area contributed by atoms with Crippen LogP contribution in [0.5, 0.6) is 0 Å². The monoisotopic (exact) mass is 360 g/mol. The highest BCUT2D eigenvalue weighted by Gasteiger charge is 2.23. The van der Waals surface area contributed by atoms with Crippen molar-refractivity contribution in [2.75, 3.05) is 32.7 Å². The van der Waals surface area contributed by atoms with E-state index < -0.39 is 10.8 Å². The van der Waals surface area contributed by atoms with Gasteiger partial charge >= 0.3 is 0 Å². The number of hydrogen-bond donors (Lipinski definition) is 0. The molecule has 1 fully saturated rings. The zero-order valence-electron chi connectivity index (χ0n) is 14.7. The molecule has 0 radical (unpaired) electrons. The Morgan fingerprint density at radius 2 is 1.76 bits per heavy atom. The van der Waals surface area contributed by atoms with Gasteiger partial charge in [0.25, 0.3) is 5.91 Å². The average molecular weight is 360 g/mol. The standard InChI is InChI=1S/C19H24N2O3S/c1-3-20-10-12-21(13-11-20)19(22)18-9-6-16(24-18)14-25(23)17-7-4-15(2)5-8-17/h4-9H,3,10-14H2,1-2H3. The van der Waals surface area contributed by atoms with E-state index in [4.69, 9.17) is 4.42 Å². The number of nitrogens with zero attached hydrogens (tertiary/aromatic N) is 2. The zero-order chi connectivity index (χ0) is 17.8. The van der Waals surface area contributed by atoms with Crippen LogP contribution < -0.4 is 0 Å². The molecule has 5 nitrogen and oxygen atoms in total. The van der Waals surface area contributed by atoms with Crippen LogP contribution in [0.15, 0.2) is 45.7 Å².